The predicted molar refractivity (Wildman–Crippen MR) is 76.4 cm³/mol. The fraction of sp³-hybridized carbons (Fsp3) is 1.00. The lowest BCUT2D eigenvalue weighted by Crippen LogP contribution is -2.38. The van der Waals surface area contributed by atoms with Gasteiger partial charge in [0.25, 0.3) is 0 Å². The van der Waals surface area contributed by atoms with Crippen LogP contribution in [0.4, 0.5) is 0 Å². The lowest BCUT2D eigenvalue weighted by molar-refractivity contribution is 0.159. The average molecular weight is 240 g/mol. The van der Waals surface area contributed by atoms with E-state index in [1.54, 1.807) is 0 Å². The zero-order valence-electron chi connectivity index (χ0n) is 12.2. The Balaban J connectivity index is 1.89. The first-order valence-corrected chi connectivity index (χ1v) is 7.65. The van der Waals surface area contributed by atoms with E-state index < -0.39 is 0 Å². The summed E-state index contributed by atoms with van der Waals surface area (Å²) >= 11 is 0. The molecule has 0 amide bonds. The Morgan fingerprint density at radius 2 is 1.94 bits per heavy atom. The minimum atomic E-state index is 0.824. The summed E-state index contributed by atoms with van der Waals surface area (Å²) in [7, 11) is 0. The van der Waals surface area contributed by atoms with Crippen LogP contribution in [0, 0.1) is 5.92 Å². The summed E-state index contributed by atoms with van der Waals surface area (Å²) in [5.41, 5.74) is 0. The Bertz CT molecular complexity index is 180. The molecule has 1 aliphatic rings. The highest BCUT2D eigenvalue weighted by molar-refractivity contribution is 4.72. The van der Waals surface area contributed by atoms with Gasteiger partial charge in [-0.15, -0.1) is 0 Å². The molecule has 17 heavy (non-hydrogen) atoms. The SMILES string of the molecule is CC(C)CCCNCCCN1CCCCC1C. The van der Waals surface area contributed by atoms with E-state index in [0.29, 0.717) is 0 Å². The van der Waals surface area contributed by atoms with Gasteiger partial charge in [-0.1, -0.05) is 20.3 Å². The molecule has 0 spiro atoms. The third-order valence-electron chi connectivity index (χ3n) is 3.87. The summed E-state index contributed by atoms with van der Waals surface area (Å²) in [6.45, 7) is 12.0. The molecule has 1 aliphatic heterocycles. The van der Waals surface area contributed by atoms with Crippen LogP contribution in [0.1, 0.15) is 59.3 Å². The molecule has 0 saturated carbocycles. The maximum absolute atomic E-state index is 3.57. The van der Waals surface area contributed by atoms with E-state index in [4.69, 9.17) is 0 Å². The van der Waals surface area contributed by atoms with Crippen LogP contribution >= 0.6 is 0 Å². The number of hydrogen-bond donors (Lipinski definition) is 1. The van der Waals surface area contributed by atoms with Gasteiger partial charge in [0.1, 0.15) is 0 Å². The zero-order valence-corrected chi connectivity index (χ0v) is 12.2. The maximum Gasteiger partial charge on any atom is 0.00669 e. The Labute approximate surface area is 108 Å². The molecule has 1 unspecified atom stereocenters. The number of hydrogen-bond acceptors (Lipinski definition) is 2. The lowest BCUT2D eigenvalue weighted by Gasteiger charge is -2.33. The molecule has 0 aromatic heterocycles. The summed E-state index contributed by atoms with van der Waals surface area (Å²) in [5.74, 6) is 0.853. The smallest absolute Gasteiger partial charge is 0.00669 e. The van der Waals surface area contributed by atoms with Crippen molar-refractivity contribution in [2.45, 2.75) is 65.3 Å². The third kappa shape index (κ3) is 7.05. The molecule has 2 nitrogen and oxygen atoms in total. The number of nitrogens with one attached hydrogen (secondary N) is 1. The number of rotatable bonds is 8. The van der Waals surface area contributed by atoms with Crippen LogP contribution in [0.15, 0.2) is 0 Å². The van der Waals surface area contributed by atoms with Crippen LogP contribution in [0.5, 0.6) is 0 Å². The minimum absolute atomic E-state index is 0.824. The van der Waals surface area contributed by atoms with Crippen molar-refractivity contribution in [2.24, 2.45) is 5.92 Å². The first-order valence-electron chi connectivity index (χ1n) is 7.65. The zero-order chi connectivity index (χ0) is 12.5. The van der Waals surface area contributed by atoms with Crippen LogP contribution in [0.3, 0.4) is 0 Å². The first kappa shape index (κ1) is 15.0. The average Bonchev–Trinajstić information content (AvgIpc) is 2.30. The van der Waals surface area contributed by atoms with Gasteiger partial charge in [0.05, 0.1) is 0 Å². The standard InChI is InChI=1S/C15H32N2/c1-14(2)8-6-10-16-11-7-13-17-12-5-4-9-15(17)3/h14-16H,4-13H2,1-3H3. The van der Waals surface area contributed by atoms with Gasteiger partial charge in [0, 0.05) is 6.04 Å². The summed E-state index contributed by atoms with van der Waals surface area (Å²) in [6, 6.07) is 0.824. The molecule has 1 rings (SSSR count). The fourth-order valence-electron chi connectivity index (χ4n) is 2.66. The summed E-state index contributed by atoms with van der Waals surface area (Å²) in [5, 5.41) is 3.57. The van der Waals surface area contributed by atoms with Gasteiger partial charge in [0.2, 0.25) is 0 Å². The summed E-state index contributed by atoms with van der Waals surface area (Å²) in [6.07, 6.45) is 8.25. The molecule has 102 valence electrons. The van der Waals surface area contributed by atoms with E-state index >= 15 is 0 Å². The van der Waals surface area contributed by atoms with E-state index in [2.05, 4.69) is 31.0 Å². The van der Waals surface area contributed by atoms with E-state index in [0.717, 1.165) is 12.0 Å². The van der Waals surface area contributed by atoms with Crippen LogP contribution in [-0.2, 0) is 0 Å². The lowest BCUT2D eigenvalue weighted by atomic mass is 10.0. The molecule has 1 saturated heterocycles. The van der Waals surface area contributed by atoms with Gasteiger partial charge < -0.3 is 10.2 Å². The second-order valence-electron chi connectivity index (χ2n) is 6.02. The fourth-order valence-corrected chi connectivity index (χ4v) is 2.66. The summed E-state index contributed by atoms with van der Waals surface area (Å²) < 4.78 is 0. The van der Waals surface area contributed by atoms with Crippen LogP contribution in [0.2, 0.25) is 0 Å². The minimum Gasteiger partial charge on any atom is -0.317 e. The van der Waals surface area contributed by atoms with Gasteiger partial charge in [-0.05, 0) is 71.1 Å². The Morgan fingerprint density at radius 3 is 2.65 bits per heavy atom. The number of piperidine rings is 1. The molecule has 1 heterocycles. The normalized spacial score (nSPS) is 22.2. The molecule has 0 aliphatic carbocycles. The molecule has 0 radical (unpaired) electrons. The number of likely N-dealkylation sites (tertiary alicyclic amines) is 1. The Kier molecular flexibility index (Phi) is 7.87. The van der Waals surface area contributed by atoms with Crippen molar-refractivity contribution >= 4 is 0 Å². The van der Waals surface area contributed by atoms with Crippen molar-refractivity contribution in [1.82, 2.24) is 10.2 Å². The third-order valence-corrected chi connectivity index (χ3v) is 3.87. The molecule has 2 heteroatoms. The Morgan fingerprint density at radius 1 is 1.18 bits per heavy atom. The van der Waals surface area contributed by atoms with Gasteiger partial charge in [-0.2, -0.15) is 0 Å². The Hall–Kier alpha value is -0.0800. The monoisotopic (exact) mass is 240 g/mol. The quantitative estimate of drug-likeness (QED) is 0.655. The molecule has 1 fully saturated rings. The van der Waals surface area contributed by atoms with Crippen LogP contribution in [-0.4, -0.2) is 37.1 Å². The van der Waals surface area contributed by atoms with Crippen molar-refractivity contribution in [3.63, 3.8) is 0 Å². The van der Waals surface area contributed by atoms with Gasteiger partial charge in [0.15, 0.2) is 0 Å². The van der Waals surface area contributed by atoms with Gasteiger partial charge >= 0.3 is 0 Å². The highest BCUT2D eigenvalue weighted by Gasteiger charge is 2.16. The largest absolute Gasteiger partial charge is 0.317 e. The second kappa shape index (κ2) is 8.93. The van der Waals surface area contributed by atoms with Crippen molar-refractivity contribution in [1.29, 1.82) is 0 Å². The molecule has 0 aromatic carbocycles. The highest BCUT2D eigenvalue weighted by Crippen LogP contribution is 2.15. The molecular weight excluding hydrogens is 208 g/mol. The summed E-state index contributed by atoms with van der Waals surface area (Å²) in [4.78, 5) is 2.67. The molecule has 0 bridgehead atoms. The van der Waals surface area contributed by atoms with Crippen molar-refractivity contribution < 1.29 is 0 Å². The van der Waals surface area contributed by atoms with E-state index in [-0.39, 0.29) is 0 Å². The highest BCUT2D eigenvalue weighted by atomic mass is 15.2. The second-order valence-corrected chi connectivity index (χ2v) is 6.02. The van der Waals surface area contributed by atoms with Gasteiger partial charge in [-0.25, -0.2) is 0 Å². The maximum atomic E-state index is 3.57. The first-order chi connectivity index (χ1) is 8.20. The molecule has 1 atom stereocenters. The predicted octanol–water partition coefficient (Wildman–Crippen LogP) is 3.28. The molecule has 0 aromatic rings. The van der Waals surface area contributed by atoms with Crippen molar-refractivity contribution in [3.8, 4) is 0 Å². The van der Waals surface area contributed by atoms with Crippen LogP contribution < -0.4 is 5.32 Å². The van der Waals surface area contributed by atoms with Gasteiger partial charge in [-0.3, -0.25) is 0 Å². The van der Waals surface area contributed by atoms with Crippen LogP contribution in [0.25, 0.3) is 0 Å². The number of nitrogens with zero attached hydrogens (tertiary/aromatic N) is 1. The van der Waals surface area contributed by atoms with E-state index in [9.17, 15) is 0 Å². The van der Waals surface area contributed by atoms with E-state index in [1.165, 1.54) is 64.7 Å². The van der Waals surface area contributed by atoms with E-state index in [1.807, 2.05) is 0 Å². The van der Waals surface area contributed by atoms with Crippen molar-refractivity contribution in [3.05, 3.63) is 0 Å². The topological polar surface area (TPSA) is 15.3 Å². The van der Waals surface area contributed by atoms with Crippen molar-refractivity contribution in [2.75, 3.05) is 26.2 Å². The molecular formula is C15H32N2. The molecule has 1 N–H and O–H groups in total.